The van der Waals surface area contributed by atoms with Crippen molar-refractivity contribution in [3.63, 3.8) is 0 Å². The van der Waals surface area contributed by atoms with Crippen LogP contribution in [-0.2, 0) is 4.79 Å². The van der Waals surface area contributed by atoms with Crippen molar-refractivity contribution < 1.29 is 14.8 Å². The number of carbonyl (C=O) groups excluding carboxylic acids is 1. The van der Waals surface area contributed by atoms with Crippen LogP contribution in [0.3, 0.4) is 0 Å². The molecule has 2 heterocycles. The fraction of sp³-hybridized carbons (Fsp3) is 0.400. The van der Waals surface area contributed by atoms with Gasteiger partial charge in [0.2, 0.25) is 11.7 Å². The summed E-state index contributed by atoms with van der Waals surface area (Å²) in [5, 5.41) is 20.0. The van der Waals surface area contributed by atoms with E-state index in [9.17, 15) is 14.9 Å². The maximum Gasteiger partial charge on any atom is 0.312 e. The number of halogens is 1. The number of carbonyl (C=O) groups is 1. The molecule has 1 atom stereocenters. The van der Waals surface area contributed by atoms with Crippen molar-refractivity contribution in [3.05, 3.63) is 27.4 Å². The van der Waals surface area contributed by atoms with E-state index in [-0.39, 0.29) is 48.1 Å². The molecule has 1 amide bonds. The molecule has 0 bridgehead atoms. The van der Waals surface area contributed by atoms with Gasteiger partial charge in [-0.3, -0.25) is 19.8 Å². The lowest BCUT2D eigenvalue weighted by molar-refractivity contribution is -0.384. The number of hydrogen-bond donors (Lipinski definition) is 1. The highest BCUT2D eigenvalue weighted by Crippen LogP contribution is 2.32. The molecule has 1 fully saturated rings. The van der Waals surface area contributed by atoms with E-state index in [1.165, 1.54) is 17.0 Å². The molecule has 0 aliphatic carbocycles. The summed E-state index contributed by atoms with van der Waals surface area (Å²) in [5.74, 6) is -0.585. The van der Waals surface area contributed by atoms with Crippen LogP contribution in [0.2, 0.25) is 5.15 Å². The summed E-state index contributed by atoms with van der Waals surface area (Å²) in [7, 11) is 0. The number of pyridine rings is 1. The zero-order valence-electron chi connectivity index (χ0n) is 9.24. The van der Waals surface area contributed by atoms with Crippen LogP contribution in [0.15, 0.2) is 12.1 Å². The van der Waals surface area contributed by atoms with Gasteiger partial charge in [0.1, 0.15) is 5.15 Å². The average Bonchev–Trinajstić information content (AvgIpc) is 2.70. The summed E-state index contributed by atoms with van der Waals surface area (Å²) in [6.45, 7) is 0.0696. The molecule has 0 radical (unpaired) electrons. The van der Waals surface area contributed by atoms with Crippen molar-refractivity contribution in [1.29, 1.82) is 0 Å². The molecule has 18 heavy (non-hydrogen) atoms. The van der Waals surface area contributed by atoms with Crippen LogP contribution in [0.1, 0.15) is 6.42 Å². The first-order chi connectivity index (χ1) is 8.52. The first-order valence-corrected chi connectivity index (χ1v) is 5.63. The van der Waals surface area contributed by atoms with Gasteiger partial charge in [-0.05, 0) is 6.07 Å². The maximum absolute atomic E-state index is 11.7. The van der Waals surface area contributed by atoms with Crippen LogP contribution in [0, 0.1) is 16.0 Å². The van der Waals surface area contributed by atoms with Crippen molar-refractivity contribution >= 4 is 29.0 Å². The fourth-order valence-electron chi connectivity index (χ4n) is 1.87. The van der Waals surface area contributed by atoms with Gasteiger partial charge in [0.25, 0.3) is 0 Å². The fourth-order valence-corrected chi connectivity index (χ4v) is 2.01. The van der Waals surface area contributed by atoms with Crippen LogP contribution in [0.4, 0.5) is 11.5 Å². The highest BCUT2D eigenvalue weighted by atomic mass is 35.5. The van der Waals surface area contributed by atoms with E-state index in [4.69, 9.17) is 16.7 Å². The molecule has 1 N–H and O–H groups in total. The van der Waals surface area contributed by atoms with Gasteiger partial charge >= 0.3 is 5.69 Å². The predicted molar refractivity (Wildman–Crippen MR) is 63.4 cm³/mol. The Hall–Kier alpha value is -1.73. The molecule has 1 aromatic heterocycles. The van der Waals surface area contributed by atoms with E-state index in [1.54, 1.807) is 0 Å². The number of hydrogen-bond acceptors (Lipinski definition) is 5. The number of nitro groups is 1. The second kappa shape index (κ2) is 4.87. The van der Waals surface area contributed by atoms with E-state index < -0.39 is 4.92 Å². The molecule has 1 aliphatic heterocycles. The second-order valence-corrected chi connectivity index (χ2v) is 4.38. The summed E-state index contributed by atoms with van der Waals surface area (Å²) in [6.07, 6.45) is 0.155. The number of aromatic nitrogens is 1. The number of amides is 1. The normalized spacial score (nSPS) is 19.3. The molecule has 1 saturated heterocycles. The monoisotopic (exact) mass is 271 g/mol. The summed E-state index contributed by atoms with van der Waals surface area (Å²) >= 11 is 5.70. The van der Waals surface area contributed by atoms with Gasteiger partial charge in [0.15, 0.2) is 0 Å². The Morgan fingerprint density at radius 3 is 2.89 bits per heavy atom. The lowest BCUT2D eigenvalue weighted by atomic mass is 10.1. The van der Waals surface area contributed by atoms with Crippen molar-refractivity contribution in [2.24, 2.45) is 5.92 Å². The Balaban J connectivity index is 2.41. The van der Waals surface area contributed by atoms with Crippen LogP contribution >= 0.6 is 11.6 Å². The molecule has 1 aliphatic rings. The minimum absolute atomic E-state index is 0.0616. The number of nitrogens with zero attached hydrogens (tertiary/aromatic N) is 3. The van der Waals surface area contributed by atoms with Crippen molar-refractivity contribution in [3.8, 4) is 0 Å². The minimum atomic E-state index is -0.613. The predicted octanol–water partition coefficient (Wildman–Crippen LogP) is 0.988. The van der Waals surface area contributed by atoms with Gasteiger partial charge in [-0.25, -0.2) is 4.98 Å². The minimum Gasteiger partial charge on any atom is -0.396 e. The molecule has 2 rings (SSSR count). The van der Waals surface area contributed by atoms with Gasteiger partial charge < -0.3 is 5.11 Å². The standard InChI is InChI=1S/C10H10ClN3O4/c11-8-2-1-7(14(17)18)10(12-8)13-4-6(5-15)3-9(13)16/h1-2,6,15H,3-5H2. The van der Waals surface area contributed by atoms with E-state index in [0.29, 0.717) is 0 Å². The zero-order valence-corrected chi connectivity index (χ0v) is 10.0. The molecule has 0 aromatic carbocycles. The van der Waals surface area contributed by atoms with E-state index in [1.807, 2.05) is 0 Å². The molecular weight excluding hydrogens is 262 g/mol. The third-order valence-electron chi connectivity index (χ3n) is 2.74. The molecule has 7 nitrogen and oxygen atoms in total. The van der Waals surface area contributed by atoms with Gasteiger partial charge in [-0.15, -0.1) is 0 Å². The second-order valence-electron chi connectivity index (χ2n) is 3.99. The Kier molecular flexibility index (Phi) is 3.44. The van der Waals surface area contributed by atoms with Crippen molar-refractivity contribution in [1.82, 2.24) is 4.98 Å². The van der Waals surface area contributed by atoms with Crippen LogP contribution in [-0.4, -0.2) is 34.1 Å². The van der Waals surface area contributed by atoms with E-state index in [2.05, 4.69) is 4.98 Å². The number of rotatable bonds is 3. The lowest BCUT2D eigenvalue weighted by Gasteiger charge is -2.15. The van der Waals surface area contributed by atoms with Gasteiger partial charge in [-0.1, -0.05) is 11.6 Å². The molecule has 8 heteroatoms. The molecule has 1 aromatic rings. The number of aliphatic hydroxyl groups is 1. The molecule has 0 saturated carbocycles. The van der Waals surface area contributed by atoms with E-state index >= 15 is 0 Å². The summed E-state index contributed by atoms with van der Waals surface area (Å²) < 4.78 is 0. The smallest absolute Gasteiger partial charge is 0.312 e. The van der Waals surface area contributed by atoms with E-state index in [0.717, 1.165) is 0 Å². The van der Waals surface area contributed by atoms with Crippen LogP contribution in [0.25, 0.3) is 0 Å². The Morgan fingerprint density at radius 1 is 1.61 bits per heavy atom. The Morgan fingerprint density at radius 2 is 2.33 bits per heavy atom. The third-order valence-corrected chi connectivity index (χ3v) is 2.95. The van der Waals surface area contributed by atoms with Crippen molar-refractivity contribution in [2.75, 3.05) is 18.1 Å². The van der Waals surface area contributed by atoms with Gasteiger partial charge in [-0.2, -0.15) is 0 Å². The molecule has 0 spiro atoms. The molecule has 96 valence electrons. The first-order valence-electron chi connectivity index (χ1n) is 5.25. The van der Waals surface area contributed by atoms with Crippen LogP contribution in [0.5, 0.6) is 0 Å². The first kappa shape index (κ1) is 12.7. The number of aliphatic hydroxyl groups excluding tert-OH is 1. The Labute approximate surface area is 107 Å². The summed E-state index contributed by atoms with van der Waals surface area (Å²) in [5.41, 5.74) is -0.272. The SMILES string of the molecule is O=C1CC(CO)CN1c1nc(Cl)ccc1[N+](=O)[O-]. The maximum atomic E-state index is 11.7. The summed E-state index contributed by atoms with van der Waals surface area (Å²) in [4.78, 5) is 27.1. The lowest BCUT2D eigenvalue weighted by Crippen LogP contribution is -2.26. The zero-order chi connectivity index (χ0) is 13.3. The van der Waals surface area contributed by atoms with Gasteiger partial charge in [0.05, 0.1) is 4.92 Å². The number of anilines is 1. The largest absolute Gasteiger partial charge is 0.396 e. The average molecular weight is 272 g/mol. The molecule has 1 unspecified atom stereocenters. The molecular formula is C10H10ClN3O4. The van der Waals surface area contributed by atoms with Gasteiger partial charge in [0, 0.05) is 31.6 Å². The van der Waals surface area contributed by atoms with Crippen LogP contribution < -0.4 is 4.90 Å². The van der Waals surface area contributed by atoms with Crippen molar-refractivity contribution in [2.45, 2.75) is 6.42 Å². The highest BCUT2D eigenvalue weighted by Gasteiger charge is 2.35. The Bertz CT molecular complexity index is 508. The quantitative estimate of drug-likeness (QED) is 0.502. The highest BCUT2D eigenvalue weighted by molar-refractivity contribution is 6.29. The summed E-state index contributed by atoms with van der Waals surface area (Å²) in [6, 6.07) is 2.51. The third kappa shape index (κ3) is 2.27. The topological polar surface area (TPSA) is 96.6 Å².